The van der Waals surface area contributed by atoms with E-state index in [-0.39, 0.29) is 0 Å². The van der Waals surface area contributed by atoms with Crippen molar-refractivity contribution in [3.05, 3.63) is 42.7 Å². The predicted octanol–water partition coefficient (Wildman–Crippen LogP) is 1.11. The molecule has 1 aromatic carbocycles. The van der Waals surface area contributed by atoms with E-state index in [9.17, 15) is 9.59 Å². The molecule has 0 aliphatic rings. The molecule has 6 nitrogen and oxygen atoms in total. The number of hydrogen-bond acceptors (Lipinski definition) is 4. The molecule has 19 heavy (non-hydrogen) atoms. The third-order valence-electron chi connectivity index (χ3n) is 2.26. The summed E-state index contributed by atoms with van der Waals surface area (Å²) in [5.41, 5.74) is 4.84. The molecule has 0 aliphatic heterocycles. The lowest BCUT2D eigenvalue weighted by molar-refractivity contribution is -0.144. The fourth-order valence-corrected chi connectivity index (χ4v) is 1.30. The summed E-state index contributed by atoms with van der Waals surface area (Å²) in [6, 6.07) is 8.91. The van der Waals surface area contributed by atoms with Gasteiger partial charge < -0.3 is 15.9 Å². The molecule has 0 bridgehead atoms. The summed E-state index contributed by atoms with van der Waals surface area (Å²) >= 11 is 0. The molecular formula is C13H14N2O4. The molecule has 4 N–H and O–H groups in total. The van der Waals surface area contributed by atoms with Crippen LogP contribution in [0.15, 0.2) is 42.7 Å². The highest BCUT2D eigenvalue weighted by Gasteiger charge is 2.14. The molecule has 100 valence electrons. The van der Waals surface area contributed by atoms with E-state index in [0.717, 1.165) is 0 Å². The summed E-state index contributed by atoms with van der Waals surface area (Å²) in [7, 11) is 0. The summed E-state index contributed by atoms with van der Waals surface area (Å²) in [6.07, 6.45) is 3.15. The molecule has 1 aromatic heterocycles. The molecule has 6 heteroatoms. The minimum Gasteiger partial charge on any atom is -0.481 e. The number of hydrogen-bond donors (Lipinski definition) is 3. The molecule has 0 spiro atoms. The lowest BCUT2D eigenvalue weighted by Gasteiger charge is -1.99. The molecular weight excluding hydrogens is 248 g/mol. The molecule has 2 rings (SSSR count). The van der Waals surface area contributed by atoms with E-state index in [1.165, 1.54) is 10.8 Å². The van der Waals surface area contributed by atoms with Crippen molar-refractivity contribution in [1.82, 2.24) is 4.98 Å². The van der Waals surface area contributed by atoms with Crippen LogP contribution in [0.5, 0.6) is 0 Å². The van der Waals surface area contributed by atoms with Crippen LogP contribution in [-0.2, 0) is 9.59 Å². The molecule has 0 radical (unpaired) electrons. The van der Waals surface area contributed by atoms with Crippen molar-refractivity contribution in [2.45, 2.75) is 12.5 Å². The van der Waals surface area contributed by atoms with E-state index in [2.05, 4.69) is 17.1 Å². The average Bonchev–Trinajstić information content (AvgIpc) is 2.39. The summed E-state index contributed by atoms with van der Waals surface area (Å²) in [5.74, 6) is -2.50. The van der Waals surface area contributed by atoms with Gasteiger partial charge in [-0.05, 0) is 16.8 Å². The van der Waals surface area contributed by atoms with E-state index < -0.39 is 24.4 Å². The highest BCUT2D eigenvalue weighted by atomic mass is 16.4. The second kappa shape index (κ2) is 7.07. The van der Waals surface area contributed by atoms with Gasteiger partial charge in [-0.3, -0.25) is 14.6 Å². The third kappa shape index (κ3) is 5.13. The number of carbonyl (C=O) groups is 2. The monoisotopic (exact) mass is 262 g/mol. The number of pyridine rings is 1. The number of carboxylic acids is 2. The van der Waals surface area contributed by atoms with Crippen molar-refractivity contribution in [1.29, 1.82) is 0 Å². The third-order valence-corrected chi connectivity index (χ3v) is 2.26. The first-order valence-electron chi connectivity index (χ1n) is 5.49. The Bertz CT molecular complexity index is 506. The van der Waals surface area contributed by atoms with Gasteiger partial charge in [-0.15, -0.1) is 0 Å². The number of nitrogens with zero attached hydrogens (tertiary/aromatic N) is 1. The molecule has 1 heterocycles. The van der Waals surface area contributed by atoms with Gasteiger partial charge in [0.2, 0.25) is 0 Å². The Morgan fingerprint density at radius 2 is 1.79 bits per heavy atom. The summed E-state index contributed by atoms with van der Waals surface area (Å²) in [6.45, 7) is 0. The van der Waals surface area contributed by atoms with Gasteiger partial charge in [0.25, 0.3) is 0 Å². The quantitative estimate of drug-likeness (QED) is 0.763. The highest BCUT2D eigenvalue weighted by molar-refractivity contribution is 5.81. The normalized spacial score (nSPS) is 11.2. The molecule has 0 amide bonds. The van der Waals surface area contributed by atoms with Crippen LogP contribution in [-0.4, -0.2) is 33.2 Å². The van der Waals surface area contributed by atoms with E-state index in [1.54, 1.807) is 0 Å². The minimum atomic E-state index is -1.29. The smallest absolute Gasteiger partial charge is 0.321 e. The standard InChI is InChI=1S/C9H7N.C4H7NO4/c1-2-4-9-7-10-6-5-8(9)3-1;5-2(4(8)9)1-3(6)7/h1-7H;2H,1,5H2,(H,6,7)(H,8,9). The van der Waals surface area contributed by atoms with E-state index in [4.69, 9.17) is 15.9 Å². The summed E-state index contributed by atoms with van der Waals surface area (Å²) < 4.78 is 0. The van der Waals surface area contributed by atoms with Gasteiger partial charge in [0.05, 0.1) is 6.42 Å². The number of rotatable bonds is 3. The number of fused-ring (bicyclic) bond motifs is 1. The van der Waals surface area contributed by atoms with Gasteiger partial charge in [0.1, 0.15) is 6.04 Å². The molecule has 0 saturated heterocycles. The van der Waals surface area contributed by atoms with Crippen molar-refractivity contribution in [3.63, 3.8) is 0 Å². The van der Waals surface area contributed by atoms with Crippen LogP contribution in [0.2, 0.25) is 0 Å². The average molecular weight is 262 g/mol. The van der Waals surface area contributed by atoms with E-state index >= 15 is 0 Å². The maximum absolute atomic E-state index is 9.85. The Morgan fingerprint density at radius 3 is 2.26 bits per heavy atom. The Labute approximate surface area is 109 Å². The van der Waals surface area contributed by atoms with Crippen LogP contribution in [0, 0.1) is 0 Å². The maximum atomic E-state index is 9.85. The van der Waals surface area contributed by atoms with Crippen LogP contribution in [0.3, 0.4) is 0 Å². The Morgan fingerprint density at radius 1 is 1.16 bits per heavy atom. The van der Waals surface area contributed by atoms with Crippen molar-refractivity contribution in [3.8, 4) is 0 Å². The zero-order valence-corrected chi connectivity index (χ0v) is 10.1. The number of benzene rings is 1. The van der Waals surface area contributed by atoms with Gasteiger partial charge in [0, 0.05) is 12.4 Å². The van der Waals surface area contributed by atoms with Crippen LogP contribution in [0.4, 0.5) is 0 Å². The van der Waals surface area contributed by atoms with Gasteiger partial charge in [0.15, 0.2) is 0 Å². The zero-order chi connectivity index (χ0) is 14.3. The fourth-order valence-electron chi connectivity index (χ4n) is 1.30. The Balaban J connectivity index is 0.000000192. The van der Waals surface area contributed by atoms with Crippen molar-refractivity contribution in [2.24, 2.45) is 5.73 Å². The van der Waals surface area contributed by atoms with Crippen molar-refractivity contribution >= 4 is 22.7 Å². The second-order valence-electron chi connectivity index (χ2n) is 3.77. The van der Waals surface area contributed by atoms with Gasteiger partial charge in [-0.2, -0.15) is 0 Å². The van der Waals surface area contributed by atoms with Crippen molar-refractivity contribution in [2.75, 3.05) is 0 Å². The van der Waals surface area contributed by atoms with Gasteiger partial charge in [-0.25, -0.2) is 0 Å². The van der Waals surface area contributed by atoms with E-state index in [1.807, 2.05) is 30.6 Å². The Hall–Kier alpha value is -2.47. The number of aromatic nitrogens is 1. The highest BCUT2D eigenvalue weighted by Crippen LogP contribution is 2.09. The molecule has 0 saturated carbocycles. The fraction of sp³-hybridized carbons (Fsp3) is 0.154. The van der Waals surface area contributed by atoms with E-state index in [0.29, 0.717) is 0 Å². The first kappa shape index (κ1) is 14.6. The Kier molecular flexibility index (Phi) is 5.43. The molecule has 0 aliphatic carbocycles. The SMILES string of the molecule is NC(CC(=O)O)C(=O)O.c1ccc2cnccc2c1. The van der Waals surface area contributed by atoms with Crippen molar-refractivity contribution < 1.29 is 19.8 Å². The molecule has 1 atom stereocenters. The predicted molar refractivity (Wildman–Crippen MR) is 69.6 cm³/mol. The van der Waals surface area contributed by atoms with Gasteiger partial charge >= 0.3 is 11.9 Å². The molecule has 1 unspecified atom stereocenters. The minimum absolute atomic E-state index is 0.532. The largest absolute Gasteiger partial charge is 0.481 e. The number of aliphatic carboxylic acids is 2. The topological polar surface area (TPSA) is 114 Å². The first-order chi connectivity index (χ1) is 9.00. The summed E-state index contributed by atoms with van der Waals surface area (Å²) in [4.78, 5) is 23.6. The second-order valence-corrected chi connectivity index (χ2v) is 3.77. The number of carboxylic acid groups (broad SMARTS) is 2. The lowest BCUT2D eigenvalue weighted by atomic mass is 10.2. The van der Waals surface area contributed by atoms with Crippen LogP contribution < -0.4 is 5.73 Å². The lowest BCUT2D eigenvalue weighted by Crippen LogP contribution is -2.32. The maximum Gasteiger partial charge on any atom is 0.321 e. The number of nitrogens with two attached hydrogens (primary N) is 1. The summed E-state index contributed by atoms with van der Waals surface area (Å²) in [5, 5.41) is 18.5. The van der Waals surface area contributed by atoms with Crippen LogP contribution in [0.25, 0.3) is 10.8 Å². The molecule has 0 fully saturated rings. The zero-order valence-electron chi connectivity index (χ0n) is 10.1. The van der Waals surface area contributed by atoms with Crippen LogP contribution >= 0.6 is 0 Å². The molecule has 2 aromatic rings. The first-order valence-corrected chi connectivity index (χ1v) is 5.49. The van der Waals surface area contributed by atoms with Gasteiger partial charge in [-0.1, -0.05) is 24.3 Å². The van der Waals surface area contributed by atoms with Crippen LogP contribution in [0.1, 0.15) is 6.42 Å².